The van der Waals surface area contributed by atoms with E-state index < -0.39 is 17.7 Å². The van der Waals surface area contributed by atoms with Gasteiger partial charge in [-0.05, 0) is 43.6 Å². The number of hydrogen-bond donors (Lipinski definition) is 2. The first kappa shape index (κ1) is 22.2. The summed E-state index contributed by atoms with van der Waals surface area (Å²) in [5.41, 5.74) is 0.350. The van der Waals surface area contributed by atoms with Crippen molar-refractivity contribution in [2.24, 2.45) is 0 Å². The Morgan fingerprint density at radius 1 is 1.07 bits per heavy atom. The van der Waals surface area contributed by atoms with Crippen molar-refractivity contribution in [3.05, 3.63) is 40.4 Å². The van der Waals surface area contributed by atoms with Crippen LogP contribution < -0.4 is 0 Å². The second-order valence-electron chi connectivity index (χ2n) is 6.77. The minimum absolute atomic E-state index is 0.154. The van der Waals surface area contributed by atoms with Gasteiger partial charge in [0, 0.05) is 12.0 Å². The van der Waals surface area contributed by atoms with Crippen molar-refractivity contribution < 1.29 is 27.5 Å². The minimum Gasteiger partial charge on any atom is -0.481 e. The Labute approximate surface area is 166 Å². The SMILES string of the molecule is O=C(O)CCCCCCCCCc1[nH]c(=S)oc1-c1cccc(C(F)(F)F)c1. The molecule has 4 nitrogen and oxygen atoms in total. The van der Waals surface area contributed by atoms with E-state index >= 15 is 0 Å². The van der Waals surface area contributed by atoms with Crippen molar-refractivity contribution in [3.63, 3.8) is 0 Å². The first-order chi connectivity index (χ1) is 13.3. The van der Waals surface area contributed by atoms with E-state index in [0.29, 0.717) is 29.9 Å². The van der Waals surface area contributed by atoms with Gasteiger partial charge in [0.1, 0.15) is 0 Å². The summed E-state index contributed by atoms with van der Waals surface area (Å²) in [5.74, 6) is -0.390. The van der Waals surface area contributed by atoms with Crippen LogP contribution in [0.2, 0.25) is 0 Å². The number of aliphatic carboxylic acids is 1. The molecule has 0 bridgehead atoms. The summed E-state index contributed by atoms with van der Waals surface area (Å²) in [7, 11) is 0. The fourth-order valence-corrected chi connectivity index (χ4v) is 3.27. The van der Waals surface area contributed by atoms with Gasteiger partial charge in [-0.25, -0.2) is 0 Å². The monoisotopic (exact) mass is 415 g/mol. The maximum atomic E-state index is 12.9. The van der Waals surface area contributed by atoms with Crippen molar-refractivity contribution in [2.45, 2.75) is 64.0 Å². The van der Waals surface area contributed by atoms with Crippen LogP contribution in [0.1, 0.15) is 62.6 Å². The average molecular weight is 415 g/mol. The lowest BCUT2D eigenvalue weighted by Gasteiger charge is -2.08. The molecule has 0 fully saturated rings. The molecule has 2 rings (SSSR count). The number of halogens is 3. The number of carbonyl (C=O) groups is 1. The Balaban J connectivity index is 1.85. The van der Waals surface area contributed by atoms with Gasteiger partial charge in [0.2, 0.25) is 0 Å². The van der Waals surface area contributed by atoms with Crippen molar-refractivity contribution in [1.29, 1.82) is 0 Å². The molecule has 0 saturated carbocycles. The second-order valence-corrected chi connectivity index (χ2v) is 7.14. The Morgan fingerprint density at radius 2 is 1.71 bits per heavy atom. The molecule has 0 amide bonds. The first-order valence-electron chi connectivity index (χ1n) is 9.39. The lowest BCUT2D eigenvalue weighted by Crippen LogP contribution is -2.04. The number of benzene rings is 1. The highest BCUT2D eigenvalue weighted by Gasteiger charge is 2.30. The molecule has 0 unspecified atom stereocenters. The quantitative estimate of drug-likeness (QED) is 0.314. The second kappa shape index (κ2) is 10.5. The van der Waals surface area contributed by atoms with E-state index in [1.165, 1.54) is 6.07 Å². The van der Waals surface area contributed by atoms with Gasteiger partial charge >= 0.3 is 12.1 Å². The van der Waals surface area contributed by atoms with E-state index in [1.807, 2.05) is 0 Å². The molecule has 1 aromatic carbocycles. The summed E-state index contributed by atoms with van der Waals surface area (Å²) in [6.45, 7) is 0. The van der Waals surface area contributed by atoms with Gasteiger partial charge in [-0.1, -0.05) is 44.2 Å². The maximum Gasteiger partial charge on any atom is 0.416 e. The predicted octanol–water partition coefficient (Wildman–Crippen LogP) is 6.77. The highest BCUT2D eigenvalue weighted by molar-refractivity contribution is 7.71. The van der Waals surface area contributed by atoms with Crippen LogP contribution >= 0.6 is 12.2 Å². The molecule has 0 atom stereocenters. The van der Waals surface area contributed by atoms with Gasteiger partial charge < -0.3 is 14.5 Å². The molecule has 0 aliphatic heterocycles. The molecule has 0 aliphatic rings. The Kier molecular flexibility index (Phi) is 8.29. The van der Waals surface area contributed by atoms with E-state index in [0.717, 1.165) is 50.7 Å². The van der Waals surface area contributed by atoms with E-state index in [4.69, 9.17) is 21.7 Å². The van der Waals surface area contributed by atoms with Crippen LogP contribution in [0.25, 0.3) is 11.3 Å². The molecule has 0 spiro atoms. The molecule has 8 heteroatoms. The molecule has 2 aromatic rings. The van der Waals surface area contributed by atoms with Gasteiger partial charge in [-0.15, -0.1) is 0 Å². The fourth-order valence-electron chi connectivity index (χ4n) is 3.07. The zero-order valence-electron chi connectivity index (χ0n) is 15.5. The molecular weight excluding hydrogens is 391 g/mol. The number of hydrogen-bond acceptors (Lipinski definition) is 3. The van der Waals surface area contributed by atoms with E-state index in [1.54, 1.807) is 6.07 Å². The number of unbranched alkanes of at least 4 members (excludes halogenated alkanes) is 6. The van der Waals surface area contributed by atoms with Gasteiger partial charge in [-0.3, -0.25) is 4.79 Å². The van der Waals surface area contributed by atoms with Crippen LogP contribution in [-0.2, 0) is 17.4 Å². The maximum absolute atomic E-state index is 12.9. The summed E-state index contributed by atoms with van der Waals surface area (Å²) in [6, 6.07) is 5.04. The fraction of sp³-hybridized carbons (Fsp3) is 0.500. The van der Waals surface area contributed by atoms with Gasteiger partial charge in [0.05, 0.1) is 11.3 Å². The molecule has 1 heterocycles. The van der Waals surface area contributed by atoms with Gasteiger partial charge in [-0.2, -0.15) is 13.2 Å². The third-order valence-corrected chi connectivity index (χ3v) is 4.68. The Hall–Kier alpha value is -2.09. The Bertz CT molecular complexity index is 827. The summed E-state index contributed by atoms with van der Waals surface area (Å²) >= 11 is 5.02. The number of aryl methyl sites for hydroxylation is 1. The molecular formula is C20H24F3NO3S. The first-order valence-corrected chi connectivity index (χ1v) is 9.79. The number of aromatic nitrogens is 1. The number of H-pyrrole nitrogens is 1. The molecule has 154 valence electrons. The number of rotatable bonds is 11. The molecule has 1 aromatic heterocycles. The van der Waals surface area contributed by atoms with Crippen LogP contribution in [0, 0.1) is 4.84 Å². The normalized spacial score (nSPS) is 11.7. The highest BCUT2D eigenvalue weighted by atomic mass is 32.1. The number of carboxylic acid groups (broad SMARTS) is 1. The summed E-state index contributed by atoms with van der Waals surface area (Å²) < 4.78 is 44.3. The molecule has 2 N–H and O–H groups in total. The zero-order valence-corrected chi connectivity index (χ0v) is 16.3. The topological polar surface area (TPSA) is 66.2 Å². The van der Waals surface area contributed by atoms with Gasteiger partial charge in [0.15, 0.2) is 5.76 Å². The largest absolute Gasteiger partial charge is 0.481 e. The van der Waals surface area contributed by atoms with E-state index in [-0.39, 0.29) is 11.3 Å². The predicted molar refractivity (Wildman–Crippen MR) is 103 cm³/mol. The molecule has 0 radical (unpaired) electrons. The third-order valence-electron chi connectivity index (χ3n) is 4.49. The molecule has 0 saturated heterocycles. The van der Waals surface area contributed by atoms with Crippen LogP contribution in [0.4, 0.5) is 13.2 Å². The van der Waals surface area contributed by atoms with Gasteiger partial charge in [0.25, 0.3) is 4.84 Å². The molecule has 0 aliphatic carbocycles. The Morgan fingerprint density at radius 3 is 2.36 bits per heavy atom. The third kappa shape index (κ3) is 7.14. The summed E-state index contributed by atoms with van der Waals surface area (Å²) in [4.78, 5) is 13.5. The van der Waals surface area contributed by atoms with Crippen LogP contribution in [0.3, 0.4) is 0 Å². The van der Waals surface area contributed by atoms with Crippen molar-refractivity contribution in [3.8, 4) is 11.3 Å². The van der Waals surface area contributed by atoms with E-state index in [2.05, 4.69) is 4.98 Å². The van der Waals surface area contributed by atoms with Crippen molar-refractivity contribution in [1.82, 2.24) is 4.98 Å². The average Bonchev–Trinajstić information content (AvgIpc) is 3.00. The molecule has 28 heavy (non-hydrogen) atoms. The number of alkyl halides is 3. The zero-order chi connectivity index (χ0) is 20.6. The standard InChI is InChI=1S/C20H24F3NO3S/c21-20(22,23)15-10-8-9-14(13-15)18-16(24-19(28)27-18)11-6-4-2-1-3-5-7-12-17(25)26/h8-10,13H,1-7,11-12H2,(H,24,28)(H,25,26). The van der Waals surface area contributed by atoms with Crippen LogP contribution in [0.5, 0.6) is 0 Å². The number of oxazole rings is 1. The number of carboxylic acids is 1. The summed E-state index contributed by atoms with van der Waals surface area (Å²) in [6.07, 6.45) is 3.01. The number of aromatic amines is 1. The lowest BCUT2D eigenvalue weighted by atomic mass is 10.0. The smallest absolute Gasteiger partial charge is 0.416 e. The van der Waals surface area contributed by atoms with Crippen LogP contribution in [-0.4, -0.2) is 16.1 Å². The van der Waals surface area contributed by atoms with Crippen molar-refractivity contribution in [2.75, 3.05) is 0 Å². The van der Waals surface area contributed by atoms with E-state index in [9.17, 15) is 18.0 Å². The minimum atomic E-state index is -4.41. The highest BCUT2D eigenvalue weighted by Crippen LogP contribution is 2.33. The summed E-state index contributed by atoms with van der Waals surface area (Å²) in [5, 5.41) is 8.58. The lowest BCUT2D eigenvalue weighted by molar-refractivity contribution is -0.138. The van der Waals surface area contributed by atoms with Crippen molar-refractivity contribution >= 4 is 18.2 Å². The number of nitrogens with one attached hydrogen (secondary N) is 1. The van der Waals surface area contributed by atoms with Crippen LogP contribution in [0.15, 0.2) is 28.7 Å².